The number of carboxylic acid groups (broad SMARTS) is 1. The standard InChI is InChI=1S/C38H60N12O13/c1-17(2)28(38(62)63)47-33(57)24(13-27(40)53)46-32(56)23(12-21-14-41-16-42-21)45-30(54)18(3)43-34(58)25-8-6-10-49(25)37(61)26-9-7-11-50(26)36(60)19(4)44-35(59)29(20(5)52)48-31(55)22(39)15-51/h14,16-20,22-26,28-29,51-52H,6-13,15,39H2,1-5H3,(H2,40,53)(H,41,42)(H,43,58)(H,44,59)(H,45,54)(H,46,56)(H,47,57)(H,48,55)(H,62,63)/t18-,19-,20+,22-,23-,24-,25-,26-,28-,29-/m0/s1. The molecule has 2 fully saturated rings. The predicted octanol–water partition coefficient (Wildman–Crippen LogP) is -5.80. The van der Waals surface area contributed by atoms with Crippen LogP contribution in [0.25, 0.3) is 0 Å². The molecule has 0 saturated carbocycles. The summed E-state index contributed by atoms with van der Waals surface area (Å²) in [6, 6.07) is -11.8. The fourth-order valence-electron chi connectivity index (χ4n) is 7.09. The molecule has 25 heteroatoms. The maximum Gasteiger partial charge on any atom is 0.326 e. The Labute approximate surface area is 362 Å². The highest BCUT2D eigenvalue weighted by Crippen LogP contribution is 2.26. The van der Waals surface area contributed by atoms with Gasteiger partial charge in [-0.3, -0.25) is 43.2 Å². The average Bonchev–Trinajstić information content (AvgIpc) is 4.03. The van der Waals surface area contributed by atoms with Gasteiger partial charge in [-0.05, 0) is 52.4 Å². The van der Waals surface area contributed by atoms with Gasteiger partial charge in [0.15, 0.2) is 0 Å². The van der Waals surface area contributed by atoms with E-state index in [1.807, 2.05) is 0 Å². The number of imidazole rings is 1. The van der Waals surface area contributed by atoms with Gasteiger partial charge in [-0.25, -0.2) is 9.78 Å². The number of aromatic nitrogens is 2. The zero-order valence-corrected chi connectivity index (χ0v) is 35.8. The first-order chi connectivity index (χ1) is 29.6. The first-order valence-electron chi connectivity index (χ1n) is 20.5. The Hall–Kier alpha value is -6.21. The van der Waals surface area contributed by atoms with Crippen LogP contribution in [0.5, 0.6) is 0 Å². The van der Waals surface area contributed by atoms with Crippen LogP contribution in [0.2, 0.25) is 0 Å². The molecule has 3 heterocycles. The summed E-state index contributed by atoms with van der Waals surface area (Å²) in [4.78, 5) is 140. The van der Waals surface area contributed by atoms with Crippen LogP contribution < -0.4 is 43.4 Å². The molecule has 2 aliphatic heterocycles. The summed E-state index contributed by atoms with van der Waals surface area (Å²) >= 11 is 0. The fourth-order valence-corrected chi connectivity index (χ4v) is 7.09. The van der Waals surface area contributed by atoms with E-state index in [-0.39, 0.29) is 32.4 Å². The minimum atomic E-state index is -1.62. The summed E-state index contributed by atoms with van der Waals surface area (Å²) in [5, 5.41) is 43.2. The van der Waals surface area contributed by atoms with E-state index in [0.717, 1.165) is 0 Å². The van der Waals surface area contributed by atoms with Crippen molar-refractivity contribution in [3.05, 3.63) is 18.2 Å². The van der Waals surface area contributed by atoms with E-state index in [1.165, 1.54) is 43.1 Å². The summed E-state index contributed by atoms with van der Waals surface area (Å²) in [5.74, 6) is -9.40. The largest absolute Gasteiger partial charge is 0.480 e. The number of aliphatic carboxylic acids is 1. The van der Waals surface area contributed by atoms with Gasteiger partial charge in [0.25, 0.3) is 0 Å². The molecule has 350 valence electrons. The van der Waals surface area contributed by atoms with E-state index >= 15 is 0 Å². The molecule has 2 saturated heterocycles. The molecule has 3 rings (SSSR count). The summed E-state index contributed by atoms with van der Waals surface area (Å²) in [6.07, 6.45) is 1.70. The van der Waals surface area contributed by atoms with E-state index in [4.69, 9.17) is 16.6 Å². The highest BCUT2D eigenvalue weighted by molar-refractivity contribution is 5.99. The Morgan fingerprint density at radius 1 is 0.762 bits per heavy atom. The predicted molar refractivity (Wildman–Crippen MR) is 218 cm³/mol. The number of H-pyrrole nitrogens is 1. The Morgan fingerprint density at radius 2 is 1.35 bits per heavy atom. The summed E-state index contributed by atoms with van der Waals surface area (Å²) in [7, 11) is 0. The summed E-state index contributed by atoms with van der Waals surface area (Å²) in [6.45, 7) is 6.61. The van der Waals surface area contributed by atoms with Gasteiger partial charge < -0.3 is 73.5 Å². The van der Waals surface area contributed by atoms with E-state index in [1.54, 1.807) is 13.8 Å². The molecule has 0 aromatic carbocycles. The number of carboxylic acids is 1. The molecule has 10 atom stereocenters. The van der Waals surface area contributed by atoms with Crippen LogP contribution in [0.3, 0.4) is 0 Å². The van der Waals surface area contributed by atoms with Crippen molar-refractivity contribution in [1.29, 1.82) is 0 Å². The number of aliphatic hydroxyl groups excluding tert-OH is 2. The van der Waals surface area contributed by atoms with Gasteiger partial charge in [0, 0.05) is 31.4 Å². The molecule has 2 aliphatic rings. The second-order valence-corrected chi connectivity index (χ2v) is 16.0. The Balaban J connectivity index is 1.69. The van der Waals surface area contributed by atoms with E-state index in [9.17, 15) is 58.2 Å². The number of carbonyl (C=O) groups is 10. The molecular formula is C38H60N12O13. The molecular weight excluding hydrogens is 832 g/mol. The van der Waals surface area contributed by atoms with Crippen LogP contribution in [0.4, 0.5) is 0 Å². The number of amides is 9. The first kappa shape index (κ1) is 51.1. The average molecular weight is 893 g/mol. The van der Waals surface area contributed by atoms with Gasteiger partial charge in [-0.15, -0.1) is 0 Å². The Morgan fingerprint density at radius 3 is 1.90 bits per heavy atom. The van der Waals surface area contributed by atoms with Crippen LogP contribution in [0, 0.1) is 5.92 Å². The molecule has 1 aromatic rings. The first-order valence-corrected chi connectivity index (χ1v) is 20.5. The van der Waals surface area contributed by atoms with Gasteiger partial charge in [0.05, 0.1) is 25.5 Å². The lowest BCUT2D eigenvalue weighted by atomic mass is 10.0. The Bertz CT molecular complexity index is 1840. The van der Waals surface area contributed by atoms with Crippen LogP contribution in [-0.2, 0) is 54.4 Å². The monoisotopic (exact) mass is 892 g/mol. The van der Waals surface area contributed by atoms with E-state index in [0.29, 0.717) is 18.5 Å². The number of rotatable bonds is 22. The number of nitrogens with one attached hydrogen (secondary N) is 7. The van der Waals surface area contributed by atoms with Gasteiger partial charge in [-0.2, -0.15) is 0 Å². The molecule has 0 bridgehead atoms. The SMILES string of the molecule is CC(C)[C@H](NC(=O)[C@H](CC(N)=O)NC(=O)[C@H](Cc1cnc[nH]1)NC(=O)[C@H](C)NC(=O)[C@@H]1CCCN1C(=O)[C@@H]1CCCN1C(=O)[C@H](C)NC(=O)[C@@H](NC(=O)[C@@H](N)CO)[C@@H](C)O)C(=O)O. The molecule has 25 nitrogen and oxygen atoms in total. The zero-order valence-electron chi connectivity index (χ0n) is 35.8. The molecule has 9 amide bonds. The zero-order chi connectivity index (χ0) is 47.3. The number of nitrogens with two attached hydrogens (primary N) is 2. The van der Waals surface area contributed by atoms with Crippen molar-refractivity contribution in [3.8, 4) is 0 Å². The van der Waals surface area contributed by atoms with Crippen LogP contribution in [0.15, 0.2) is 12.5 Å². The van der Waals surface area contributed by atoms with Crippen molar-refractivity contribution < 1.29 is 63.3 Å². The third kappa shape index (κ3) is 14.2. The van der Waals surface area contributed by atoms with Crippen molar-refractivity contribution in [1.82, 2.24) is 51.7 Å². The molecule has 14 N–H and O–H groups in total. The number of hydrogen-bond acceptors (Lipinski definition) is 14. The van der Waals surface area contributed by atoms with Crippen molar-refractivity contribution in [3.63, 3.8) is 0 Å². The van der Waals surface area contributed by atoms with Crippen molar-refractivity contribution in [2.45, 2.75) is 134 Å². The number of hydrogen-bond donors (Lipinski definition) is 12. The molecule has 0 unspecified atom stereocenters. The minimum absolute atomic E-state index is 0.154. The van der Waals surface area contributed by atoms with Crippen molar-refractivity contribution >= 4 is 59.1 Å². The maximum absolute atomic E-state index is 14.0. The lowest BCUT2D eigenvalue weighted by Crippen LogP contribution is -2.60. The summed E-state index contributed by atoms with van der Waals surface area (Å²) < 4.78 is 0. The fraction of sp³-hybridized carbons (Fsp3) is 0.658. The Kier molecular flexibility index (Phi) is 18.9. The number of primary amides is 1. The highest BCUT2D eigenvalue weighted by Gasteiger charge is 2.44. The van der Waals surface area contributed by atoms with Crippen molar-refractivity contribution in [2.75, 3.05) is 19.7 Å². The van der Waals surface area contributed by atoms with Gasteiger partial charge in [0.2, 0.25) is 53.2 Å². The molecule has 0 aliphatic carbocycles. The molecule has 0 radical (unpaired) electrons. The minimum Gasteiger partial charge on any atom is -0.480 e. The molecule has 0 spiro atoms. The third-order valence-corrected chi connectivity index (χ3v) is 10.6. The highest BCUT2D eigenvalue weighted by atomic mass is 16.4. The van der Waals surface area contributed by atoms with Crippen molar-refractivity contribution in [2.24, 2.45) is 17.4 Å². The van der Waals surface area contributed by atoms with E-state index in [2.05, 4.69) is 41.9 Å². The number of aromatic amines is 1. The van der Waals surface area contributed by atoms with Gasteiger partial charge >= 0.3 is 5.97 Å². The van der Waals surface area contributed by atoms with Crippen LogP contribution in [0.1, 0.15) is 72.4 Å². The second kappa shape index (κ2) is 23.3. The molecule has 1 aromatic heterocycles. The smallest absolute Gasteiger partial charge is 0.326 e. The quantitative estimate of drug-likeness (QED) is 0.0516. The normalized spacial score (nSPS) is 19.9. The van der Waals surface area contributed by atoms with E-state index < -0.39 is 139 Å². The van der Waals surface area contributed by atoms with Gasteiger partial charge in [-0.1, -0.05) is 13.8 Å². The summed E-state index contributed by atoms with van der Waals surface area (Å²) in [5.41, 5.74) is 11.2. The number of aliphatic hydroxyl groups is 2. The third-order valence-electron chi connectivity index (χ3n) is 10.6. The lowest BCUT2D eigenvalue weighted by molar-refractivity contribution is -0.148. The van der Waals surface area contributed by atoms with Crippen LogP contribution >= 0.6 is 0 Å². The molecule has 63 heavy (non-hydrogen) atoms. The van der Waals surface area contributed by atoms with Crippen LogP contribution in [-0.4, -0.2) is 174 Å². The van der Waals surface area contributed by atoms with Gasteiger partial charge in [0.1, 0.15) is 54.4 Å². The second-order valence-electron chi connectivity index (χ2n) is 16.0. The lowest BCUT2D eigenvalue weighted by Gasteiger charge is -2.33. The maximum atomic E-state index is 14.0. The number of nitrogens with zero attached hydrogens (tertiary/aromatic N) is 3. The number of carbonyl (C=O) groups excluding carboxylic acids is 9. The topological polar surface area (TPSA) is 391 Å². The number of likely N-dealkylation sites (tertiary alicyclic amines) is 2.